The quantitative estimate of drug-likeness (QED) is 0.460. The summed E-state index contributed by atoms with van der Waals surface area (Å²) >= 11 is 0. The maximum atomic E-state index is 3.68. The summed E-state index contributed by atoms with van der Waals surface area (Å²) in [6.45, 7) is 8.12. The van der Waals surface area contributed by atoms with Crippen LogP contribution in [0.15, 0.2) is 12.7 Å². The average Bonchev–Trinajstić information content (AvgIpc) is 2.01. The molecular formula is C10H22N2. The zero-order chi connectivity index (χ0) is 9.40. The standard InChI is InChI=1S/C10H22N2/c1-5-6-8-11-10(2)7-9-12(3)4/h5,10-11H,1,6-9H2,2-4H3. The van der Waals surface area contributed by atoms with Crippen LogP contribution in [-0.4, -0.2) is 38.1 Å². The predicted molar refractivity (Wildman–Crippen MR) is 55.4 cm³/mol. The van der Waals surface area contributed by atoms with Crippen LogP contribution in [0.3, 0.4) is 0 Å². The molecule has 0 saturated heterocycles. The van der Waals surface area contributed by atoms with Gasteiger partial charge in [0.15, 0.2) is 0 Å². The number of hydrogen-bond acceptors (Lipinski definition) is 2. The van der Waals surface area contributed by atoms with Crippen LogP contribution in [0, 0.1) is 0 Å². The van der Waals surface area contributed by atoms with Crippen molar-refractivity contribution in [1.29, 1.82) is 0 Å². The van der Waals surface area contributed by atoms with E-state index >= 15 is 0 Å². The Labute approximate surface area is 76.6 Å². The van der Waals surface area contributed by atoms with E-state index in [9.17, 15) is 0 Å². The topological polar surface area (TPSA) is 15.3 Å². The van der Waals surface area contributed by atoms with E-state index in [0.717, 1.165) is 19.5 Å². The van der Waals surface area contributed by atoms with Crippen molar-refractivity contribution < 1.29 is 0 Å². The second-order valence-corrected chi connectivity index (χ2v) is 3.52. The first-order valence-corrected chi connectivity index (χ1v) is 4.65. The molecule has 0 aromatic heterocycles. The third-order valence-corrected chi connectivity index (χ3v) is 1.85. The normalized spacial score (nSPS) is 13.3. The Balaban J connectivity index is 3.21. The summed E-state index contributed by atoms with van der Waals surface area (Å²) in [4.78, 5) is 2.21. The number of hydrogen-bond donors (Lipinski definition) is 1. The molecule has 0 radical (unpaired) electrons. The maximum Gasteiger partial charge on any atom is 0.00510 e. The highest BCUT2D eigenvalue weighted by molar-refractivity contribution is 4.70. The Morgan fingerprint density at radius 1 is 1.50 bits per heavy atom. The minimum absolute atomic E-state index is 0.618. The monoisotopic (exact) mass is 170 g/mol. The van der Waals surface area contributed by atoms with Crippen LogP contribution in [-0.2, 0) is 0 Å². The fraction of sp³-hybridized carbons (Fsp3) is 0.800. The molecule has 2 heteroatoms. The van der Waals surface area contributed by atoms with Gasteiger partial charge in [0, 0.05) is 6.04 Å². The summed E-state index contributed by atoms with van der Waals surface area (Å²) in [6, 6.07) is 0.618. The predicted octanol–water partition coefficient (Wildman–Crippen LogP) is 1.49. The van der Waals surface area contributed by atoms with Crippen molar-refractivity contribution in [2.45, 2.75) is 25.8 Å². The van der Waals surface area contributed by atoms with E-state index < -0.39 is 0 Å². The third kappa shape index (κ3) is 7.76. The summed E-state index contributed by atoms with van der Waals surface area (Å²) in [6.07, 6.45) is 4.22. The fourth-order valence-electron chi connectivity index (χ4n) is 0.986. The molecular weight excluding hydrogens is 148 g/mol. The van der Waals surface area contributed by atoms with Crippen molar-refractivity contribution in [3.63, 3.8) is 0 Å². The van der Waals surface area contributed by atoms with E-state index in [0.29, 0.717) is 6.04 Å². The lowest BCUT2D eigenvalue weighted by molar-refractivity contribution is 0.367. The van der Waals surface area contributed by atoms with Gasteiger partial charge in [-0.15, -0.1) is 6.58 Å². The lowest BCUT2D eigenvalue weighted by Crippen LogP contribution is -2.30. The molecule has 72 valence electrons. The minimum atomic E-state index is 0.618. The van der Waals surface area contributed by atoms with Crippen LogP contribution in [0.25, 0.3) is 0 Å². The second-order valence-electron chi connectivity index (χ2n) is 3.52. The molecule has 0 saturated carbocycles. The molecule has 0 heterocycles. The summed E-state index contributed by atoms with van der Waals surface area (Å²) in [5.41, 5.74) is 0. The summed E-state index contributed by atoms with van der Waals surface area (Å²) < 4.78 is 0. The summed E-state index contributed by atoms with van der Waals surface area (Å²) in [7, 11) is 4.22. The molecule has 0 bridgehead atoms. The third-order valence-electron chi connectivity index (χ3n) is 1.85. The molecule has 0 aromatic carbocycles. The molecule has 0 spiro atoms. The van der Waals surface area contributed by atoms with E-state index in [4.69, 9.17) is 0 Å². The van der Waals surface area contributed by atoms with Crippen molar-refractivity contribution in [2.75, 3.05) is 27.2 Å². The summed E-state index contributed by atoms with van der Waals surface area (Å²) in [5, 5.41) is 3.44. The molecule has 0 aliphatic carbocycles. The van der Waals surface area contributed by atoms with E-state index in [1.165, 1.54) is 6.42 Å². The van der Waals surface area contributed by atoms with Gasteiger partial charge in [-0.2, -0.15) is 0 Å². The Morgan fingerprint density at radius 3 is 2.67 bits per heavy atom. The number of rotatable bonds is 7. The fourth-order valence-corrected chi connectivity index (χ4v) is 0.986. The maximum absolute atomic E-state index is 3.68. The van der Waals surface area contributed by atoms with Crippen LogP contribution in [0.5, 0.6) is 0 Å². The molecule has 0 rings (SSSR count). The highest BCUT2D eigenvalue weighted by Gasteiger charge is 1.99. The molecule has 0 fully saturated rings. The van der Waals surface area contributed by atoms with Gasteiger partial charge in [-0.1, -0.05) is 6.08 Å². The minimum Gasteiger partial charge on any atom is -0.314 e. The molecule has 1 N–H and O–H groups in total. The van der Waals surface area contributed by atoms with Gasteiger partial charge >= 0.3 is 0 Å². The highest BCUT2D eigenvalue weighted by atomic mass is 15.1. The van der Waals surface area contributed by atoms with Gasteiger partial charge in [-0.05, 0) is 47.0 Å². The van der Waals surface area contributed by atoms with Gasteiger partial charge < -0.3 is 10.2 Å². The number of nitrogens with one attached hydrogen (secondary N) is 1. The Bertz CT molecular complexity index is 110. The van der Waals surface area contributed by atoms with Crippen molar-refractivity contribution in [2.24, 2.45) is 0 Å². The van der Waals surface area contributed by atoms with Crippen LogP contribution in [0.4, 0.5) is 0 Å². The van der Waals surface area contributed by atoms with E-state index in [1.807, 2.05) is 6.08 Å². The van der Waals surface area contributed by atoms with Crippen LogP contribution < -0.4 is 5.32 Å². The zero-order valence-electron chi connectivity index (χ0n) is 8.64. The van der Waals surface area contributed by atoms with Crippen LogP contribution in [0.1, 0.15) is 19.8 Å². The van der Waals surface area contributed by atoms with Gasteiger partial charge in [0.1, 0.15) is 0 Å². The summed E-state index contributed by atoms with van der Waals surface area (Å²) in [5.74, 6) is 0. The van der Waals surface area contributed by atoms with Crippen LogP contribution >= 0.6 is 0 Å². The van der Waals surface area contributed by atoms with Gasteiger partial charge in [0.2, 0.25) is 0 Å². The van der Waals surface area contributed by atoms with E-state index in [2.05, 4.69) is 37.8 Å². The second kappa shape index (κ2) is 7.32. The molecule has 0 amide bonds. The smallest absolute Gasteiger partial charge is 0.00510 e. The number of nitrogens with zero attached hydrogens (tertiary/aromatic N) is 1. The molecule has 1 atom stereocenters. The van der Waals surface area contributed by atoms with Crippen molar-refractivity contribution in [3.8, 4) is 0 Å². The van der Waals surface area contributed by atoms with Gasteiger partial charge in [0.05, 0.1) is 0 Å². The molecule has 12 heavy (non-hydrogen) atoms. The van der Waals surface area contributed by atoms with Gasteiger partial charge in [-0.3, -0.25) is 0 Å². The molecule has 2 nitrogen and oxygen atoms in total. The molecule has 0 aliphatic heterocycles. The van der Waals surface area contributed by atoms with Crippen molar-refractivity contribution in [1.82, 2.24) is 10.2 Å². The highest BCUT2D eigenvalue weighted by Crippen LogP contribution is 1.92. The molecule has 0 aromatic rings. The van der Waals surface area contributed by atoms with E-state index in [-0.39, 0.29) is 0 Å². The Hall–Kier alpha value is -0.340. The molecule has 1 unspecified atom stereocenters. The lowest BCUT2D eigenvalue weighted by Gasteiger charge is -2.15. The van der Waals surface area contributed by atoms with Crippen LogP contribution in [0.2, 0.25) is 0 Å². The average molecular weight is 170 g/mol. The first-order chi connectivity index (χ1) is 5.66. The molecule has 0 aliphatic rings. The van der Waals surface area contributed by atoms with Crippen molar-refractivity contribution >= 4 is 0 Å². The zero-order valence-corrected chi connectivity index (χ0v) is 8.64. The van der Waals surface area contributed by atoms with Gasteiger partial charge in [-0.25, -0.2) is 0 Å². The van der Waals surface area contributed by atoms with Crippen molar-refractivity contribution in [3.05, 3.63) is 12.7 Å². The van der Waals surface area contributed by atoms with Gasteiger partial charge in [0.25, 0.3) is 0 Å². The first-order valence-electron chi connectivity index (χ1n) is 4.65. The lowest BCUT2D eigenvalue weighted by atomic mass is 10.2. The van der Waals surface area contributed by atoms with E-state index in [1.54, 1.807) is 0 Å². The first kappa shape index (κ1) is 11.7. The Kier molecular flexibility index (Phi) is 7.11. The SMILES string of the molecule is C=CCCNC(C)CCN(C)C. The largest absolute Gasteiger partial charge is 0.314 e. The Morgan fingerprint density at radius 2 is 2.17 bits per heavy atom.